The molecule has 0 aliphatic carbocycles. The summed E-state index contributed by atoms with van der Waals surface area (Å²) in [5.74, 6) is -0.0573. The molecule has 1 amide bonds. The average molecular weight is 713 g/mol. The Balaban J connectivity index is 1.45. The van der Waals surface area contributed by atoms with Crippen molar-refractivity contribution in [3.63, 3.8) is 0 Å². The minimum absolute atomic E-state index is 0.00995. The fraction of sp³-hybridized carbons (Fsp3) is 0.241. The van der Waals surface area contributed by atoms with Crippen LogP contribution in [0.25, 0.3) is 5.69 Å². The lowest BCUT2D eigenvalue weighted by molar-refractivity contribution is -0.133. The first-order chi connectivity index (χ1) is 22.4. The Bertz CT molecular complexity index is 2010. The SMILES string of the molecule is COc1ccc(COc2ccc(Oc3c(Cl)cc(-n4nc(C(F)F)c(=O)[nH]c4=O)cc3Cl)cc2S(=O)(=O)NCC(=O)N2CCC2)cc1. The number of sulfonamides is 1. The summed E-state index contributed by atoms with van der Waals surface area (Å²) < 4.78 is 72.9. The zero-order valence-corrected chi connectivity index (χ0v) is 26.7. The van der Waals surface area contributed by atoms with Crippen LogP contribution in [0.15, 0.2) is 69.1 Å². The van der Waals surface area contributed by atoms with Gasteiger partial charge < -0.3 is 19.1 Å². The molecule has 3 aromatic carbocycles. The Morgan fingerprint density at radius 3 is 2.30 bits per heavy atom. The summed E-state index contributed by atoms with van der Waals surface area (Å²) in [7, 11) is -2.82. The van der Waals surface area contributed by atoms with Crippen molar-refractivity contribution in [1.82, 2.24) is 24.4 Å². The lowest BCUT2D eigenvalue weighted by Gasteiger charge is -2.30. The normalized spacial score (nSPS) is 12.9. The summed E-state index contributed by atoms with van der Waals surface area (Å²) >= 11 is 12.7. The predicted molar refractivity (Wildman–Crippen MR) is 166 cm³/mol. The third-order valence-electron chi connectivity index (χ3n) is 6.89. The quantitative estimate of drug-likeness (QED) is 0.221. The lowest BCUT2D eigenvalue weighted by Crippen LogP contribution is -2.47. The molecule has 248 valence electrons. The van der Waals surface area contributed by atoms with Gasteiger partial charge in [-0.25, -0.2) is 26.7 Å². The van der Waals surface area contributed by atoms with Crippen LogP contribution in [-0.4, -0.2) is 60.7 Å². The van der Waals surface area contributed by atoms with Gasteiger partial charge in [0.15, 0.2) is 11.4 Å². The maximum absolute atomic E-state index is 13.4. The maximum Gasteiger partial charge on any atom is 0.349 e. The number of aromatic nitrogens is 3. The number of hydrogen-bond donors (Lipinski definition) is 2. The molecule has 1 fully saturated rings. The van der Waals surface area contributed by atoms with Gasteiger partial charge in [-0.15, -0.1) is 0 Å². The highest BCUT2D eigenvalue weighted by molar-refractivity contribution is 7.89. The minimum Gasteiger partial charge on any atom is -0.497 e. The fourth-order valence-electron chi connectivity index (χ4n) is 4.29. The van der Waals surface area contributed by atoms with Crippen LogP contribution >= 0.6 is 23.2 Å². The van der Waals surface area contributed by atoms with E-state index in [1.165, 1.54) is 24.1 Å². The fourth-order valence-corrected chi connectivity index (χ4v) is 5.98. The molecule has 1 aliphatic rings. The highest BCUT2D eigenvalue weighted by Gasteiger charge is 2.26. The molecule has 0 radical (unpaired) electrons. The second-order valence-corrected chi connectivity index (χ2v) is 12.6. The number of carbonyl (C=O) groups excluding carboxylic acids is 1. The molecular formula is C29H25Cl2F2N5O8S. The smallest absolute Gasteiger partial charge is 0.349 e. The number of rotatable bonds is 12. The number of methoxy groups -OCH3 is 1. The van der Waals surface area contributed by atoms with Crippen molar-refractivity contribution >= 4 is 39.1 Å². The Kier molecular flexibility index (Phi) is 10.1. The zero-order valence-electron chi connectivity index (χ0n) is 24.3. The summed E-state index contributed by atoms with van der Waals surface area (Å²) in [5, 5.41) is 2.99. The van der Waals surface area contributed by atoms with E-state index in [4.69, 9.17) is 37.4 Å². The minimum atomic E-state index is -4.34. The van der Waals surface area contributed by atoms with Gasteiger partial charge in [0.05, 0.1) is 29.4 Å². The molecule has 0 atom stereocenters. The summed E-state index contributed by atoms with van der Waals surface area (Å²) in [6, 6.07) is 13.0. The van der Waals surface area contributed by atoms with E-state index >= 15 is 0 Å². The Labute approximate surface area is 275 Å². The number of aromatic amines is 1. The monoisotopic (exact) mass is 711 g/mol. The van der Waals surface area contributed by atoms with E-state index in [0.29, 0.717) is 29.1 Å². The molecule has 18 heteroatoms. The first kappa shape index (κ1) is 33.8. The highest BCUT2D eigenvalue weighted by atomic mass is 35.5. The molecule has 1 aromatic heterocycles. The molecule has 2 heterocycles. The topological polar surface area (TPSA) is 162 Å². The van der Waals surface area contributed by atoms with E-state index in [-0.39, 0.29) is 50.4 Å². The molecule has 4 aromatic rings. The van der Waals surface area contributed by atoms with Crippen molar-refractivity contribution in [2.45, 2.75) is 24.3 Å². The van der Waals surface area contributed by atoms with E-state index in [2.05, 4.69) is 9.82 Å². The molecule has 0 spiro atoms. The predicted octanol–water partition coefficient (Wildman–Crippen LogP) is 4.06. The molecule has 0 unspecified atom stereocenters. The van der Waals surface area contributed by atoms with Crippen LogP contribution in [-0.2, 0) is 21.4 Å². The van der Waals surface area contributed by atoms with E-state index in [9.17, 15) is 31.6 Å². The number of ether oxygens (including phenoxy) is 3. The summed E-state index contributed by atoms with van der Waals surface area (Å²) in [5.41, 5.74) is -3.12. The first-order valence-corrected chi connectivity index (χ1v) is 16.0. The van der Waals surface area contributed by atoms with Crippen LogP contribution in [0, 0.1) is 0 Å². The van der Waals surface area contributed by atoms with Crippen LogP contribution in [0.1, 0.15) is 24.1 Å². The van der Waals surface area contributed by atoms with Crippen molar-refractivity contribution in [3.05, 3.63) is 96.7 Å². The molecule has 13 nitrogen and oxygen atoms in total. The Morgan fingerprint density at radius 1 is 1.04 bits per heavy atom. The van der Waals surface area contributed by atoms with Gasteiger partial charge in [0.2, 0.25) is 15.9 Å². The highest BCUT2D eigenvalue weighted by Crippen LogP contribution is 2.40. The molecule has 1 aliphatic heterocycles. The number of nitrogens with zero attached hydrogens (tertiary/aromatic N) is 3. The van der Waals surface area contributed by atoms with E-state index < -0.39 is 39.9 Å². The van der Waals surface area contributed by atoms with Gasteiger partial charge in [0.25, 0.3) is 12.0 Å². The Morgan fingerprint density at radius 2 is 1.70 bits per heavy atom. The van der Waals surface area contributed by atoms with Gasteiger partial charge in [-0.3, -0.25) is 14.6 Å². The van der Waals surface area contributed by atoms with Gasteiger partial charge in [-0.2, -0.15) is 9.78 Å². The van der Waals surface area contributed by atoms with Crippen molar-refractivity contribution < 1.29 is 36.2 Å². The lowest BCUT2D eigenvalue weighted by atomic mass is 10.2. The van der Waals surface area contributed by atoms with Gasteiger partial charge >= 0.3 is 5.69 Å². The summed E-state index contributed by atoms with van der Waals surface area (Å²) in [6.45, 7) is 0.598. The number of benzene rings is 3. The van der Waals surface area contributed by atoms with E-state index in [1.807, 2.05) is 0 Å². The number of amides is 1. The van der Waals surface area contributed by atoms with Gasteiger partial charge in [0, 0.05) is 19.2 Å². The molecule has 1 saturated heterocycles. The van der Waals surface area contributed by atoms with Gasteiger partial charge in [0.1, 0.15) is 28.8 Å². The molecule has 5 rings (SSSR count). The van der Waals surface area contributed by atoms with Crippen molar-refractivity contribution in [2.75, 3.05) is 26.7 Å². The second kappa shape index (κ2) is 14.1. The number of hydrogen-bond acceptors (Lipinski definition) is 9. The molecule has 47 heavy (non-hydrogen) atoms. The molecule has 2 N–H and O–H groups in total. The number of H-pyrrole nitrogens is 1. The third kappa shape index (κ3) is 7.73. The molecule has 0 bridgehead atoms. The average Bonchev–Trinajstić information content (AvgIpc) is 3.00. The number of alkyl halides is 2. The molecular weight excluding hydrogens is 687 g/mol. The van der Waals surface area contributed by atoms with Crippen LogP contribution in [0.3, 0.4) is 0 Å². The van der Waals surface area contributed by atoms with Crippen LogP contribution in [0.4, 0.5) is 8.78 Å². The molecule has 0 saturated carbocycles. The maximum atomic E-state index is 13.4. The van der Waals surface area contributed by atoms with Crippen molar-refractivity contribution in [1.29, 1.82) is 0 Å². The number of carbonyl (C=O) groups is 1. The third-order valence-corrected chi connectivity index (χ3v) is 8.87. The number of nitrogens with one attached hydrogen (secondary N) is 2. The number of halogens is 4. The number of likely N-dealkylation sites (tertiary alicyclic amines) is 1. The zero-order chi connectivity index (χ0) is 33.9. The standard InChI is InChI=1S/C29H25Cl2F2N5O8S/c1-44-18-5-3-16(4-6-18)15-45-22-8-7-19(13-23(22)47(42,43)34-14-24(39)37-9-2-10-37)46-26-20(30)11-17(12-21(26)31)38-29(41)35-28(40)25(36-38)27(32)33/h3-8,11-13,27,34H,2,9-10,14-15H2,1H3,(H,35,40,41). The van der Waals surface area contributed by atoms with Crippen molar-refractivity contribution in [3.8, 4) is 28.7 Å². The van der Waals surface area contributed by atoms with Crippen molar-refractivity contribution in [2.24, 2.45) is 0 Å². The largest absolute Gasteiger partial charge is 0.497 e. The van der Waals surface area contributed by atoms with Crippen LogP contribution < -0.4 is 30.2 Å². The second-order valence-electron chi connectivity index (χ2n) is 10.0. The van der Waals surface area contributed by atoms with Gasteiger partial charge in [-0.1, -0.05) is 35.3 Å². The van der Waals surface area contributed by atoms with Gasteiger partial charge in [-0.05, 0) is 48.4 Å². The Hall–Kier alpha value is -4.51. The van der Waals surface area contributed by atoms with Crippen LogP contribution in [0.5, 0.6) is 23.0 Å². The first-order valence-electron chi connectivity index (χ1n) is 13.7. The summed E-state index contributed by atoms with van der Waals surface area (Å²) in [4.78, 5) is 39.2. The summed E-state index contributed by atoms with van der Waals surface area (Å²) in [6.07, 6.45) is -2.43. The van der Waals surface area contributed by atoms with E-state index in [0.717, 1.165) is 24.6 Å². The van der Waals surface area contributed by atoms with E-state index in [1.54, 1.807) is 29.2 Å². The van der Waals surface area contributed by atoms with Crippen LogP contribution in [0.2, 0.25) is 10.0 Å².